The number of methoxy groups -OCH3 is 1. The van der Waals surface area contributed by atoms with Crippen LogP contribution in [-0.4, -0.2) is 30.8 Å². The molecule has 5 nitrogen and oxygen atoms in total. The van der Waals surface area contributed by atoms with Crippen molar-refractivity contribution in [2.24, 2.45) is 0 Å². The van der Waals surface area contributed by atoms with E-state index in [1.807, 2.05) is 50.2 Å². The highest BCUT2D eigenvalue weighted by Gasteiger charge is 2.30. The Balaban J connectivity index is 0.00000324. The second-order valence-electron chi connectivity index (χ2n) is 8.47. The number of carboxylic acid groups (broad SMARTS) is 1. The van der Waals surface area contributed by atoms with Gasteiger partial charge in [0.1, 0.15) is 11.9 Å². The molecule has 3 aromatic rings. The largest absolute Gasteiger partial charge is 0.494 e. The van der Waals surface area contributed by atoms with E-state index >= 15 is 0 Å². The number of aromatic carboxylic acids is 1. The number of ether oxygens (including phenoxy) is 2. The Morgan fingerprint density at radius 3 is 2.71 bits per heavy atom. The summed E-state index contributed by atoms with van der Waals surface area (Å²) in [5.41, 5.74) is 4.02. The minimum Gasteiger partial charge on any atom is -0.494 e. The van der Waals surface area contributed by atoms with Crippen molar-refractivity contribution in [1.82, 2.24) is 5.32 Å². The fraction of sp³-hybridized carbons (Fsp3) is 0.296. The summed E-state index contributed by atoms with van der Waals surface area (Å²) in [4.78, 5) is 11.7. The highest BCUT2D eigenvalue weighted by atomic mass is 35.5. The van der Waals surface area contributed by atoms with Crippen molar-refractivity contribution in [3.63, 3.8) is 0 Å². The van der Waals surface area contributed by atoms with E-state index in [-0.39, 0.29) is 42.0 Å². The van der Waals surface area contributed by atoms with E-state index in [0.717, 1.165) is 28.0 Å². The fourth-order valence-electron chi connectivity index (χ4n) is 4.39. The van der Waals surface area contributed by atoms with Crippen molar-refractivity contribution in [3.8, 4) is 11.5 Å². The zero-order chi connectivity index (χ0) is 23.5. The molecular formula is C27H29ClFNO4. The summed E-state index contributed by atoms with van der Waals surface area (Å²) in [5, 5.41) is 13.1. The molecule has 0 radical (unpaired) electrons. The molecule has 34 heavy (non-hydrogen) atoms. The first-order chi connectivity index (χ1) is 15.9. The van der Waals surface area contributed by atoms with E-state index < -0.39 is 5.97 Å². The van der Waals surface area contributed by atoms with Crippen LogP contribution in [0.2, 0.25) is 0 Å². The van der Waals surface area contributed by atoms with E-state index in [0.29, 0.717) is 18.5 Å². The predicted octanol–water partition coefficient (Wildman–Crippen LogP) is 5.90. The molecule has 0 bridgehead atoms. The van der Waals surface area contributed by atoms with Gasteiger partial charge in [-0.2, -0.15) is 0 Å². The van der Waals surface area contributed by atoms with E-state index in [2.05, 4.69) is 5.32 Å². The second-order valence-corrected chi connectivity index (χ2v) is 8.47. The van der Waals surface area contributed by atoms with E-state index in [4.69, 9.17) is 9.47 Å². The van der Waals surface area contributed by atoms with Gasteiger partial charge in [-0.15, -0.1) is 12.4 Å². The van der Waals surface area contributed by atoms with Crippen LogP contribution >= 0.6 is 12.4 Å². The van der Waals surface area contributed by atoms with Crippen LogP contribution < -0.4 is 14.8 Å². The number of nitrogens with one attached hydrogen (secondary N) is 1. The van der Waals surface area contributed by atoms with Crippen LogP contribution in [0.15, 0.2) is 60.7 Å². The molecule has 0 spiro atoms. The quantitative estimate of drug-likeness (QED) is 0.436. The molecule has 4 rings (SSSR count). The number of fused-ring (bicyclic) bond motifs is 1. The molecule has 0 fully saturated rings. The van der Waals surface area contributed by atoms with Gasteiger partial charge in [0.2, 0.25) is 0 Å². The number of hydrogen-bond acceptors (Lipinski definition) is 4. The van der Waals surface area contributed by atoms with Gasteiger partial charge in [0.15, 0.2) is 11.6 Å². The van der Waals surface area contributed by atoms with Crippen LogP contribution in [0, 0.1) is 12.7 Å². The molecule has 2 N–H and O–H groups in total. The summed E-state index contributed by atoms with van der Waals surface area (Å²) in [6.45, 7) is 4.41. The van der Waals surface area contributed by atoms with Crippen LogP contribution in [0.4, 0.5) is 4.39 Å². The summed E-state index contributed by atoms with van der Waals surface area (Å²) >= 11 is 0. The molecule has 1 heterocycles. The molecule has 0 saturated heterocycles. The third kappa shape index (κ3) is 5.34. The number of hydrogen-bond donors (Lipinski definition) is 2. The van der Waals surface area contributed by atoms with E-state index in [1.54, 1.807) is 18.2 Å². The Morgan fingerprint density at radius 1 is 1.21 bits per heavy atom. The zero-order valence-corrected chi connectivity index (χ0v) is 20.2. The summed E-state index contributed by atoms with van der Waals surface area (Å²) in [7, 11) is 1.45. The zero-order valence-electron chi connectivity index (χ0n) is 19.4. The van der Waals surface area contributed by atoms with Gasteiger partial charge < -0.3 is 19.9 Å². The molecule has 0 amide bonds. The van der Waals surface area contributed by atoms with Crippen LogP contribution in [0.1, 0.15) is 57.9 Å². The van der Waals surface area contributed by atoms with Gasteiger partial charge in [0, 0.05) is 24.1 Å². The first kappa shape index (κ1) is 25.5. The molecule has 180 valence electrons. The summed E-state index contributed by atoms with van der Waals surface area (Å²) in [6, 6.07) is 18.4. The minimum absolute atomic E-state index is 0. The first-order valence-corrected chi connectivity index (χ1v) is 11.0. The number of carbonyl (C=O) groups is 1. The summed E-state index contributed by atoms with van der Waals surface area (Å²) < 4.78 is 25.1. The number of para-hydroxylation sites is 1. The monoisotopic (exact) mass is 485 g/mol. The normalized spacial score (nSPS) is 17.6. The van der Waals surface area contributed by atoms with Gasteiger partial charge in [-0.1, -0.05) is 36.4 Å². The Kier molecular flexibility index (Phi) is 8.18. The lowest BCUT2D eigenvalue weighted by atomic mass is 9.83. The number of halogens is 2. The van der Waals surface area contributed by atoms with Crippen molar-refractivity contribution < 1.29 is 23.8 Å². The molecule has 3 atom stereocenters. The molecule has 1 aliphatic rings. The van der Waals surface area contributed by atoms with Crippen LogP contribution in [0.5, 0.6) is 11.5 Å². The third-order valence-electron chi connectivity index (χ3n) is 6.31. The van der Waals surface area contributed by atoms with Gasteiger partial charge in [-0.05, 0) is 61.2 Å². The van der Waals surface area contributed by atoms with Crippen molar-refractivity contribution in [2.75, 3.05) is 13.7 Å². The van der Waals surface area contributed by atoms with E-state index in [9.17, 15) is 14.3 Å². The third-order valence-corrected chi connectivity index (χ3v) is 6.31. The summed E-state index contributed by atoms with van der Waals surface area (Å²) in [6.07, 6.45) is 0.607. The summed E-state index contributed by atoms with van der Waals surface area (Å²) in [5.74, 6) is -0.243. The highest BCUT2D eigenvalue weighted by Crippen LogP contribution is 2.40. The Labute approximate surface area is 205 Å². The van der Waals surface area contributed by atoms with Gasteiger partial charge in [0.25, 0.3) is 0 Å². The second kappa shape index (κ2) is 10.9. The molecule has 1 unspecified atom stereocenters. The first-order valence-electron chi connectivity index (χ1n) is 11.0. The van der Waals surface area contributed by atoms with Gasteiger partial charge >= 0.3 is 5.97 Å². The molecule has 0 aliphatic carbocycles. The van der Waals surface area contributed by atoms with Crippen molar-refractivity contribution in [1.29, 1.82) is 0 Å². The SMILES string of the molecule is COc1cc(C(C)NC[C@H]2C[C@@H](c3ccc(C)c(C(=O)O)c3)c3ccccc3O2)ccc1F.Cl. The standard InChI is InChI=1S/C27H28FNO4.ClH/c1-16-8-9-19(12-22(16)27(30)31)23-14-20(33-25-7-5-4-6-21(23)25)15-29-17(2)18-10-11-24(28)26(13-18)32-3;/h4-13,17,20,23,29H,14-15H2,1-3H3,(H,30,31);1H/t17?,20-,23+;/m1./s1. The topological polar surface area (TPSA) is 67.8 Å². The Hall–Kier alpha value is -3.09. The van der Waals surface area contributed by atoms with Crippen LogP contribution in [0.3, 0.4) is 0 Å². The number of rotatable bonds is 7. The van der Waals surface area contributed by atoms with E-state index in [1.165, 1.54) is 13.2 Å². The molecule has 0 aromatic heterocycles. The molecule has 7 heteroatoms. The van der Waals surface area contributed by atoms with Crippen molar-refractivity contribution >= 4 is 18.4 Å². The van der Waals surface area contributed by atoms with Gasteiger partial charge in [-0.25, -0.2) is 9.18 Å². The maximum atomic E-state index is 13.8. The Bertz CT molecular complexity index is 1170. The number of aryl methyl sites for hydroxylation is 1. The average Bonchev–Trinajstić information content (AvgIpc) is 2.82. The highest BCUT2D eigenvalue weighted by molar-refractivity contribution is 5.89. The van der Waals surface area contributed by atoms with Crippen molar-refractivity contribution in [2.45, 2.75) is 38.3 Å². The molecule has 1 aliphatic heterocycles. The van der Waals surface area contributed by atoms with Crippen LogP contribution in [-0.2, 0) is 0 Å². The van der Waals surface area contributed by atoms with Crippen molar-refractivity contribution in [3.05, 3.63) is 94.3 Å². The number of carboxylic acids is 1. The molecule has 0 saturated carbocycles. The minimum atomic E-state index is -0.920. The fourth-order valence-corrected chi connectivity index (χ4v) is 4.39. The molecular weight excluding hydrogens is 457 g/mol. The Morgan fingerprint density at radius 2 is 1.97 bits per heavy atom. The van der Waals surface area contributed by atoms with Crippen LogP contribution in [0.25, 0.3) is 0 Å². The molecule has 3 aromatic carbocycles. The lowest BCUT2D eigenvalue weighted by molar-refractivity contribution is 0.0696. The lowest BCUT2D eigenvalue weighted by Gasteiger charge is -2.33. The average molecular weight is 486 g/mol. The predicted molar refractivity (Wildman–Crippen MR) is 132 cm³/mol. The lowest BCUT2D eigenvalue weighted by Crippen LogP contribution is -2.37. The number of benzene rings is 3. The maximum Gasteiger partial charge on any atom is 0.335 e. The van der Waals surface area contributed by atoms with Gasteiger partial charge in [-0.3, -0.25) is 0 Å². The maximum absolute atomic E-state index is 13.8. The van der Waals surface area contributed by atoms with Gasteiger partial charge in [0.05, 0.1) is 12.7 Å². The smallest absolute Gasteiger partial charge is 0.335 e.